The third-order valence-corrected chi connectivity index (χ3v) is 1.80. The largest absolute Gasteiger partial charge is 0.302 e. The van der Waals surface area contributed by atoms with Crippen molar-refractivity contribution in [1.29, 1.82) is 0 Å². The zero-order valence-corrected chi connectivity index (χ0v) is 5.94. The summed E-state index contributed by atoms with van der Waals surface area (Å²) in [6, 6.07) is 0. The lowest BCUT2D eigenvalue weighted by atomic mass is 9.97. The Hall–Kier alpha value is -0.550. The molecule has 0 spiro atoms. The van der Waals surface area contributed by atoms with Gasteiger partial charge in [0, 0.05) is 6.42 Å². The number of hydrogen-bond acceptors (Lipinski definition) is 3. The maximum atomic E-state index is 12.1. The Morgan fingerprint density at radius 3 is 2.64 bits per heavy atom. The van der Waals surface area contributed by atoms with Crippen molar-refractivity contribution in [2.45, 2.75) is 24.9 Å². The van der Waals surface area contributed by atoms with E-state index >= 15 is 0 Å². The predicted molar refractivity (Wildman–Crippen MR) is 35.2 cm³/mol. The zero-order valence-electron chi connectivity index (χ0n) is 5.94. The number of ketones is 1. The van der Waals surface area contributed by atoms with Crippen LogP contribution in [0.15, 0.2) is 0 Å². The summed E-state index contributed by atoms with van der Waals surface area (Å²) >= 11 is 0. The molecule has 1 heterocycles. The minimum atomic E-state index is -2.82. The van der Waals surface area contributed by atoms with Crippen LogP contribution >= 0.6 is 0 Å². The first-order valence-electron chi connectivity index (χ1n) is 3.43. The Morgan fingerprint density at radius 2 is 2.27 bits per heavy atom. The number of hydrogen-bond donors (Lipinski definition) is 2. The number of carbonyl (C=O) groups is 1. The van der Waals surface area contributed by atoms with E-state index in [1.807, 2.05) is 0 Å². The Morgan fingerprint density at radius 1 is 1.64 bits per heavy atom. The van der Waals surface area contributed by atoms with Crippen molar-refractivity contribution in [3.05, 3.63) is 0 Å². The van der Waals surface area contributed by atoms with Crippen LogP contribution in [0.4, 0.5) is 8.78 Å². The average Bonchev–Trinajstić information content (AvgIpc) is 1.95. The molecule has 3 N–H and O–H groups in total. The molecule has 0 radical (unpaired) electrons. The van der Waals surface area contributed by atoms with Gasteiger partial charge in [-0.25, -0.2) is 8.78 Å². The standard InChI is InChI=1S/C6H10F2N2O/c7-5(8)6(9)4(11)2-1-3-10-6/h5,10H,1-3,9H2. The second-order valence-corrected chi connectivity index (χ2v) is 2.62. The zero-order chi connectivity index (χ0) is 8.48. The number of Topliss-reactive ketones (excluding diaryl/α,β-unsaturated/α-hetero) is 1. The summed E-state index contributed by atoms with van der Waals surface area (Å²) in [6.45, 7) is 0.382. The topological polar surface area (TPSA) is 55.1 Å². The highest BCUT2D eigenvalue weighted by Crippen LogP contribution is 2.17. The normalized spacial score (nSPS) is 32.9. The monoisotopic (exact) mass is 164 g/mol. The highest BCUT2D eigenvalue weighted by Gasteiger charge is 2.44. The quantitative estimate of drug-likeness (QED) is 0.567. The van der Waals surface area contributed by atoms with Crippen molar-refractivity contribution in [2.75, 3.05) is 6.54 Å². The molecule has 1 unspecified atom stereocenters. The molecule has 1 aliphatic heterocycles. The van der Waals surface area contributed by atoms with Crippen LogP contribution in [0.3, 0.4) is 0 Å². The van der Waals surface area contributed by atoms with Gasteiger partial charge >= 0.3 is 0 Å². The molecule has 0 aliphatic carbocycles. The first-order chi connectivity index (χ1) is 5.07. The van der Waals surface area contributed by atoms with Crippen molar-refractivity contribution in [1.82, 2.24) is 5.32 Å². The van der Waals surface area contributed by atoms with E-state index < -0.39 is 17.9 Å². The van der Waals surface area contributed by atoms with Crippen molar-refractivity contribution in [2.24, 2.45) is 5.73 Å². The summed E-state index contributed by atoms with van der Waals surface area (Å²) in [5.41, 5.74) is 3.05. The summed E-state index contributed by atoms with van der Waals surface area (Å²) < 4.78 is 24.3. The molecule has 0 saturated carbocycles. The molecule has 0 aromatic carbocycles. The van der Waals surface area contributed by atoms with Gasteiger partial charge in [-0.2, -0.15) is 0 Å². The van der Waals surface area contributed by atoms with Crippen LogP contribution in [-0.2, 0) is 4.79 Å². The third kappa shape index (κ3) is 1.39. The van der Waals surface area contributed by atoms with Gasteiger partial charge in [0.25, 0.3) is 6.43 Å². The molecule has 3 nitrogen and oxygen atoms in total. The van der Waals surface area contributed by atoms with E-state index in [-0.39, 0.29) is 6.42 Å². The lowest BCUT2D eigenvalue weighted by Crippen LogP contribution is -2.66. The number of nitrogens with two attached hydrogens (primary N) is 1. The van der Waals surface area contributed by atoms with Crippen molar-refractivity contribution in [3.8, 4) is 0 Å². The molecule has 1 saturated heterocycles. The maximum absolute atomic E-state index is 12.1. The SMILES string of the molecule is NC1(C(F)F)NCCCC1=O. The fraction of sp³-hybridized carbons (Fsp3) is 0.833. The van der Waals surface area contributed by atoms with E-state index in [1.165, 1.54) is 0 Å². The van der Waals surface area contributed by atoms with Crippen molar-refractivity contribution >= 4 is 5.78 Å². The second kappa shape index (κ2) is 2.83. The number of halogens is 2. The minimum Gasteiger partial charge on any atom is -0.302 e. The molecule has 1 aliphatic rings. The second-order valence-electron chi connectivity index (χ2n) is 2.62. The van der Waals surface area contributed by atoms with Crippen molar-refractivity contribution in [3.63, 3.8) is 0 Å². The Kier molecular flexibility index (Phi) is 2.20. The number of piperidine rings is 1. The van der Waals surface area contributed by atoms with Crippen LogP contribution in [0.1, 0.15) is 12.8 Å². The molecule has 1 rings (SSSR count). The molecule has 0 aromatic heterocycles. The van der Waals surface area contributed by atoms with E-state index in [4.69, 9.17) is 5.73 Å². The van der Waals surface area contributed by atoms with Crippen LogP contribution in [0.25, 0.3) is 0 Å². The summed E-state index contributed by atoms with van der Waals surface area (Å²) in [6.07, 6.45) is -2.09. The van der Waals surface area contributed by atoms with Crippen LogP contribution in [0, 0.1) is 0 Å². The highest BCUT2D eigenvalue weighted by atomic mass is 19.3. The minimum absolute atomic E-state index is 0.147. The maximum Gasteiger partial charge on any atom is 0.276 e. The molecule has 1 atom stereocenters. The molecule has 0 aromatic rings. The summed E-state index contributed by atoms with van der Waals surface area (Å²) in [4.78, 5) is 10.9. The third-order valence-electron chi connectivity index (χ3n) is 1.80. The van der Waals surface area contributed by atoms with Crippen LogP contribution in [0.2, 0.25) is 0 Å². The van der Waals surface area contributed by atoms with Crippen LogP contribution < -0.4 is 11.1 Å². The van der Waals surface area contributed by atoms with Gasteiger partial charge < -0.3 is 5.73 Å². The van der Waals surface area contributed by atoms with E-state index in [0.717, 1.165) is 0 Å². The lowest BCUT2D eigenvalue weighted by molar-refractivity contribution is -0.134. The smallest absolute Gasteiger partial charge is 0.276 e. The fourth-order valence-electron chi connectivity index (χ4n) is 1.05. The van der Waals surface area contributed by atoms with Gasteiger partial charge in [0.05, 0.1) is 0 Å². The predicted octanol–water partition coefficient (Wildman–Crippen LogP) is -0.141. The average molecular weight is 164 g/mol. The Labute approximate surface area is 62.9 Å². The van der Waals surface area contributed by atoms with Gasteiger partial charge in [0.2, 0.25) is 0 Å². The van der Waals surface area contributed by atoms with Gasteiger partial charge in [-0.3, -0.25) is 10.1 Å². The number of nitrogens with one attached hydrogen (secondary N) is 1. The van der Waals surface area contributed by atoms with Gasteiger partial charge in [0.1, 0.15) is 0 Å². The number of rotatable bonds is 1. The number of alkyl halides is 2. The molecule has 0 amide bonds. The van der Waals surface area contributed by atoms with Gasteiger partial charge in [0.15, 0.2) is 11.4 Å². The summed E-state index contributed by atoms with van der Waals surface area (Å²) in [5.74, 6) is -0.598. The molecule has 64 valence electrons. The van der Waals surface area contributed by atoms with Crippen LogP contribution in [0.5, 0.6) is 0 Å². The Bertz CT molecular complexity index is 174. The van der Waals surface area contributed by atoms with E-state index in [1.54, 1.807) is 0 Å². The first kappa shape index (κ1) is 8.55. The molecule has 0 bridgehead atoms. The Balaban J connectivity index is 2.73. The molecule has 5 heteroatoms. The summed E-state index contributed by atoms with van der Waals surface area (Å²) in [5, 5.41) is 2.32. The summed E-state index contributed by atoms with van der Waals surface area (Å²) in [7, 11) is 0. The molecule has 1 fully saturated rings. The van der Waals surface area contributed by atoms with Crippen molar-refractivity contribution < 1.29 is 13.6 Å². The van der Waals surface area contributed by atoms with Crippen LogP contribution in [-0.4, -0.2) is 24.4 Å². The fourth-order valence-corrected chi connectivity index (χ4v) is 1.05. The first-order valence-corrected chi connectivity index (χ1v) is 3.43. The van der Waals surface area contributed by atoms with Gasteiger partial charge in [-0.15, -0.1) is 0 Å². The molecular weight excluding hydrogens is 154 g/mol. The van der Waals surface area contributed by atoms with Gasteiger partial charge in [-0.05, 0) is 13.0 Å². The highest BCUT2D eigenvalue weighted by molar-refractivity contribution is 5.88. The molecular formula is C6H10F2N2O. The van der Waals surface area contributed by atoms with E-state index in [0.29, 0.717) is 13.0 Å². The van der Waals surface area contributed by atoms with Gasteiger partial charge in [-0.1, -0.05) is 0 Å². The lowest BCUT2D eigenvalue weighted by Gasteiger charge is -2.31. The van der Waals surface area contributed by atoms with E-state index in [2.05, 4.69) is 5.32 Å². The number of carbonyl (C=O) groups excluding carboxylic acids is 1. The molecule has 11 heavy (non-hydrogen) atoms. The van der Waals surface area contributed by atoms with E-state index in [9.17, 15) is 13.6 Å².